The molecule has 0 aliphatic carbocycles. The van der Waals surface area contributed by atoms with Crippen LogP contribution in [-0.4, -0.2) is 9.85 Å². The average Bonchev–Trinajstić information content (AvgIpc) is 2.59. The average molecular weight is 499 g/mol. The summed E-state index contributed by atoms with van der Waals surface area (Å²) in [4.78, 5) is 19.4. The number of rotatable bonds is 4. The molecule has 30 heavy (non-hydrogen) atoms. The first-order valence-corrected chi connectivity index (χ1v) is 8.24. The standard InChI is InChI=1S/C14H4Cl3F6N3O4/c15-9-5(13(18,19)20)3-7(10(16)11(9)17)24-12-6(14(21,22)23)1-4(25(27)28)2-8(12)26(29)30/h1-3,24H. The Bertz CT molecular complexity index is 1060. The third-order valence-corrected chi connectivity index (χ3v) is 4.88. The zero-order valence-corrected chi connectivity index (χ0v) is 15.9. The molecular formula is C14H4Cl3F6N3O4. The topological polar surface area (TPSA) is 98.3 Å². The van der Waals surface area contributed by atoms with Gasteiger partial charge in [-0.05, 0) is 6.07 Å². The molecule has 0 aromatic heterocycles. The zero-order chi connectivity index (χ0) is 23.2. The monoisotopic (exact) mass is 497 g/mol. The molecule has 0 amide bonds. The van der Waals surface area contributed by atoms with Crippen LogP contribution in [0.4, 0.5) is 49.1 Å². The number of nitro groups is 2. The summed E-state index contributed by atoms with van der Waals surface area (Å²) in [5, 5.41) is 21.1. The maximum Gasteiger partial charge on any atom is 0.418 e. The second-order valence-corrected chi connectivity index (χ2v) is 6.57. The van der Waals surface area contributed by atoms with Gasteiger partial charge in [0.05, 0.1) is 47.8 Å². The molecule has 2 aromatic rings. The van der Waals surface area contributed by atoms with E-state index in [0.29, 0.717) is 0 Å². The van der Waals surface area contributed by atoms with Crippen molar-refractivity contribution in [2.24, 2.45) is 0 Å². The van der Waals surface area contributed by atoms with E-state index in [9.17, 15) is 46.6 Å². The highest BCUT2D eigenvalue weighted by atomic mass is 35.5. The molecule has 16 heteroatoms. The summed E-state index contributed by atoms with van der Waals surface area (Å²) in [6.07, 6.45) is -10.5. The molecule has 0 aliphatic heterocycles. The number of non-ortho nitro benzene ring substituents is 1. The molecule has 0 spiro atoms. The predicted molar refractivity (Wildman–Crippen MR) is 94.5 cm³/mol. The third kappa shape index (κ3) is 4.63. The maximum atomic E-state index is 13.4. The lowest BCUT2D eigenvalue weighted by Crippen LogP contribution is -2.13. The Morgan fingerprint density at radius 1 is 0.767 bits per heavy atom. The first-order valence-electron chi connectivity index (χ1n) is 7.11. The Balaban J connectivity index is 2.85. The second-order valence-electron chi connectivity index (χ2n) is 5.44. The van der Waals surface area contributed by atoms with Gasteiger partial charge in [0.2, 0.25) is 0 Å². The van der Waals surface area contributed by atoms with Gasteiger partial charge in [0.25, 0.3) is 11.4 Å². The Hall–Kier alpha value is -2.51. The smallest absolute Gasteiger partial charge is 0.348 e. The van der Waals surface area contributed by atoms with E-state index in [-0.39, 0.29) is 18.2 Å². The second kappa shape index (κ2) is 7.96. The van der Waals surface area contributed by atoms with Crippen molar-refractivity contribution < 1.29 is 36.2 Å². The number of hydrogen-bond acceptors (Lipinski definition) is 5. The molecule has 2 rings (SSSR count). The van der Waals surface area contributed by atoms with Crippen LogP contribution in [0, 0.1) is 20.2 Å². The lowest BCUT2D eigenvalue weighted by atomic mass is 10.1. The van der Waals surface area contributed by atoms with Gasteiger partial charge in [-0.25, -0.2) is 0 Å². The van der Waals surface area contributed by atoms with Gasteiger partial charge < -0.3 is 5.32 Å². The van der Waals surface area contributed by atoms with E-state index < -0.39 is 71.1 Å². The van der Waals surface area contributed by atoms with Crippen molar-refractivity contribution in [2.45, 2.75) is 12.4 Å². The Morgan fingerprint density at radius 2 is 1.30 bits per heavy atom. The van der Waals surface area contributed by atoms with Gasteiger partial charge in [-0.1, -0.05) is 34.8 Å². The van der Waals surface area contributed by atoms with Crippen LogP contribution in [0.1, 0.15) is 11.1 Å². The number of nitro benzene ring substituents is 2. The van der Waals surface area contributed by atoms with Crippen LogP contribution >= 0.6 is 34.8 Å². The minimum absolute atomic E-state index is 0.0224. The van der Waals surface area contributed by atoms with Crippen molar-refractivity contribution in [1.29, 1.82) is 0 Å². The zero-order valence-electron chi connectivity index (χ0n) is 13.7. The Labute approximate surface area is 176 Å². The first-order chi connectivity index (χ1) is 13.6. The normalized spacial score (nSPS) is 12.0. The van der Waals surface area contributed by atoms with Crippen molar-refractivity contribution in [2.75, 3.05) is 5.32 Å². The number of hydrogen-bond donors (Lipinski definition) is 1. The van der Waals surface area contributed by atoms with E-state index in [0.717, 1.165) is 0 Å². The first kappa shape index (κ1) is 23.8. The fourth-order valence-corrected chi connectivity index (χ4v) is 2.96. The van der Waals surface area contributed by atoms with E-state index in [1.807, 2.05) is 0 Å². The van der Waals surface area contributed by atoms with Gasteiger partial charge in [-0.2, -0.15) is 26.3 Å². The van der Waals surface area contributed by atoms with E-state index >= 15 is 0 Å². The third-order valence-electron chi connectivity index (χ3n) is 3.53. The van der Waals surface area contributed by atoms with Crippen molar-refractivity contribution in [3.8, 4) is 0 Å². The van der Waals surface area contributed by atoms with Crippen LogP contribution in [0.15, 0.2) is 18.2 Å². The largest absolute Gasteiger partial charge is 0.418 e. The summed E-state index contributed by atoms with van der Waals surface area (Å²) in [5.41, 5.74) is -8.46. The Kier molecular flexibility index (Phi) is 6.31. The van der Waals surface area contributed by atoms with E-state index in [1.165, 1.54) is 0 Å². The van der Waals surface area contributed by atoms with E-state index in [1.54, 1.807) is 5.32 Å². The Morgan fingerprint density at radius 3 is 1.73 bits per heavy atom. The molecule has 0 atom stereocenters. The van der Waals surface area contributed by atoms with Gasteiger partial charge in [0.1, 0.15) is 5.69 Å². The van der Waals surface area contributed by atoms with Crippen LogP contribution in [0.5, 0.6) is 0 Å². The van der Waals surface area contributed by atoms with Gasteiger partial charge in [0.15, 0.2) is 0 Å². The minimum atomic E-state index is -5.37. The molecule has 7 nitrogen and oxygen atoms in total. The molecule has 0 radical (unpaired) electrons. The number of nitrogens with zero attached hydrogens (tertiary/aromatic N) is 2. The van der Waals surface area contributed by atoms with Crippen molar-refractivity contribution in [3.05, 3.63) is 64.6 Å². The summed E-state index contributed by atoms with van der Waals surface area (Å²) in [6, 6.07) is 0.376. The summed E-state index contributed by atoms with van der Waals surface area (Å²) in [7, 11) is 0. The highest BCUT2D eigenvalue weighted by Crippen LogP contribution is 2.48. The molecule has 1 N–H and O–H groups in total. The number of halogens is 9. The predicted octanol–water partition coefficient (Wildman–Crippen LogP) is 7.24. The SMILES string of the molecule is O=[N+]([O-])c1cc([N+](=O)[O-])c(Nc2cc(C(F)(F)F)c(Cl)c(Cl)c2Cl)c(C(F)(F)F)c1. The number of nitrogens with one attached hydrogen (secondary N) is 1. The highest BCUT2D eigenvalue weighted by Gasteiger charge is 2.41. The van der Waals surface area contributed by atoms with Crippen LogP contribution in [0.25, 0.3) is 0 Å². The molecule has 0 aliphatic rings. The molecule has 0 heterocycles. The lowest BCUT2D eigenvalue weighted by molar-refractivity contribution is -0.394. The van der Waals surface area contributed by atoms with E-state index in [4.69, 9.17) is 34.8 Å². The lowest BCUT2D eigenvalue weighted by Gasteiger charge is -2.18. The number of anilines is 2. The molecule has 0 saturated carbocycles. The summed E-state index contributed by atoms with van der Waals surface area (Å²) in [6.45, 7) is 0. The van der Waals surface area contributed by atoms with Crippen LogP contribution in [-0.2, 0) is 12.4 Å². The maximum absolute atomic E-state index is 13.4. The summed E-state index contributed by atoms with van der Waals surface area (Å²) >= 11 is 16.8. The van der Waals surface area contributed by atoms with Crippen molar-refractivity contribution >= 4 is 57.6 Å². The van der Waals surface area contributed by atoms with Gasteiger partial charge in [-0.15, -0.1) is 0 Å². The van der Waals surface area contributed by atoms with Crippen molar-refractivity contribution in [1.82, 2.24) is 0 Å². The van der Waals surface area contributed by atoms with Gasteiger partial charge >= 0.3 is 12.4 Å². The summed E-state index contributed by atoms with van der Waals surface area (Å²) in [5.74, 6) is 0. The number of benzene rings is 2. The van der Waals surface area contributed by atoms with Gasteiger partial charge in [0, 0.05) is 6.07 Å². The molecule has 0 unspecified atom stereocenters. The van der Waals surface area contributed by atoms with Gasteiger partial charge in [-0.3, -0.25) is 20.2 Å². The molecule has 0 saturated heterocycles. The highest BCUT2D eigenvalue weighted by molar-refractivity contribution is 6.49. The van der Waals surface area contributed by atoms with Crippen molar-refractivity contribution in [3.63, 3.8) is 0 Å². The number of alkyl halides is 6. The minimum Gasteiger partial charge on any atom is -0.348 e. The quantitative estimate of drug-likeness (QED) is 0.207. The molecule has 0 fully saturated rings. The molecule has 2 aromatic carbocycles. The van der Waals surface area contributed by atoms with Crippen LogP contribution in [0.2, 0.25) is 15.1 Å². The fraction of sp³-hybridized carbons (Fsp3) is 0.143. The summed E-state index contributed by atoms with van der Waals surface area (Å²) < 4.78 is 79.6. The van der Waals surface area contributed by atoms with E-state index in [2.05, 4.69) is 0 Å². The molecular weight excluding hydrogens is 495 g/mol. The molecule has 162 valence electrons. The van der Waals surface area contributed by atoms with Crippen LogP contribution in [0.3, 0.4) is 0 Å². The molecule has 0 bridgehead atoms. The van der Waals surface area contributed by atoms with Crippen LogP contribution < -0.4 is 5.32 Å². The fourth-order valence-electron chi connectivity index (χ4n) is 2.25.